The Morgan fingerprint density at radius 2 is 1.40 bits per heavy atom. The standard InChI is InChI=1S/C30H31NO4/c32-28(33)18-21-30(26-14-8-3-9-15-26)19-16-27(17-20-30)31(22-24-10-4-1-5-11-24)29(34)35-23-25-12-6-2-7-13-25/h1-15,18,21,27H,16-17,19-20,22-23H2,(H,32,33). The van der Waals surface area contributed by atoms with Gasteiger partial charge in [-0.05, 0) is 42.4 Å². The summed E-state index contributed by atoms with van der Waals surface area (Å²) in [5, 5.41) is 9.28. The molecule has 3 aromatic rings. The molecule has 0 atom stereocenters. The number of carbonyl (C=O) groups is 2. The van der Waals surface area contributed by atoms with E-state index in [1.54, 1.807) is 0 Å². The molecule has 1 N–H and O–H groups in total. The Morgan fingerprint density at radius 1 is 0.857 bits per heavy atom. The molecule has 0 aromatic heterocycles. The molecule has 0 heterocycles. The normalized spacial score (nSPS) is 19.8. The first kappa shape index (κ1) is 24.3. The topological polar surface area (TPSA) is 66.8 Å². The number of amides is 1. The number of hydrogen-bond acceptors (Lipinski definition) is 3. The van der Waals surface area contributed by atoms with Crippen LogP contribution in [0.15, 0.2) is 103 Å². The van der Waals surface area contributed by atoms with Crippen LogP contribution in [-0.2, 0) is 28.1 Å². The Labute approximate surface area is 206 Å². The van der Waals surface area contributed by atoms with E-state index in [-0.39, 0.29) is 24.2 Å². The Morgan fingerprint density at radius 3 is 1.97 bits per heavy atom. The lowest BCUT2D eigenvalue weighted by Crippen LogP contribution is -2.44. The minimum atomic E-state index is -0.947. The van der Waals surface area contributed by atoms with Gasteiger partial charge in [0, 0.05) is 24.1 Å². The number of carbonyl (C=O) groups excluding carboxylic acids is 1. The molecule has 3 aromatic carbocycles. The van der Waals surface area contributed by atoms with Crippen molar-refractivity contribution in [1.29, 1.82) is 0 Å². The quantitative estimate of drug-likeness (QED) is 0.391. The molecule has 0 unspecified atom stereocenters. The van der Waals surface area contributed by atoms with Crippen molar-refractivity contribution >= 4 is 12.1 Å². The number of ether oxygens (including phenoxy) is 1. The number of benzene rings is 3. The second-order valence-electron chi connectivity index (χ2n) is 9.08. The van der Waals surface area contributed by atoms with Gasteiger partial charge in [-0.15, -0.1) is 0 Å². The molecule has 0 spiro atoms. The van der Waals surface area contributed by atoms with Crippen molar-refractivity contribution in [1.82, 2.24) is 4.90 Å². The molecule has 4 rings (SSSR count). The SMILES string of the molecule is O=C(O)C=CC1(c2ccccc2)CCC(N(Cc2ccccc2)C(=O)OCc2ccccc2)CC1. The van der Waals surface area contributed by atoms with Crippen molar-refractivity contribution in [2.75, 3.05) is 0 Å². The predicted molar refractivity (Wildman–Crippen MR) is 136 cm³/mol. The highest BCUT2D eigenvalue weighted by Gasteiger charge is 2.38. The largest absolute Gasteiger partial charge is 0.478 e. The minimum absolute atomic E-state index is 0.00791. The second-order valence-corrected chi connectivity index (χ2v) is 9.08. The van der Waals surface area contributed by atoms with E-state index in [2.05, 4.69) is 12.1 Å². The first-order valence-electron chi connectivity index (χ1n) is 12.0. The van der Waals surface area contributed by atoms with E-state index in [4.69, 9.17) is 4.74 Å². The number of allylic oxidation sites excluding steroid dienone is 1. The molecule has 5 nitrogen and oxygen atoms in total. The molecular formula is C30H31NO4. The summed E-state index contributed by atoms with van der Waals surface area (Å²) in [6.45, 7) is 0.704. The number of hydrogen-bond donors (Lipinski definition) is 1. The van der Waals surface area contributed by atoms with Gasteiger partial charge in [0.25, 0.3) is 0 Å². The highest BCUT2D eigenvalue weighted by atomic mass is 16.6. The van der Waals surface area contributed by atoms with E-state index in [0.717, 1.165) is 42.4 Å². The molecule has 0 saturated heterocycles. The monoisotopic (exact) mass is 469 g/mol. The first-order valence-corrected chi connectivity index (χ1v) is 12.0. The van der Waals surface area contributed by atoms with Crippen molar-refractivity contribution < 1.29 is 19.4 Å². The molecule has 1 amide bonds. The van der Waals surface area contributed by atoms with Gasteiger partial charge in [-0.3, -0.25) is 0 Å². The highest BCUT2D eigenvalue weighted by molar-refractivity contribution is 5.80. The summed E-state index contributed by atoms with van der Waals surface area (Å²) in [6, 6.07) is 29.7. The van der Waals surface area contributed by atoms with Crippen molar-refractivity contribution in [3.05, 3.63) is 120 Å². The molecule has 1 aliphatic rings. The fraction of sp³-hybridized carbons (Fsp3) is 0.267. The lowest BCUT2D eigenvalue weighted by molar-refractivity contribution is -0.131. The molecule has 0 radical (unpaired) electrons. The zero-order chi connectivity index (χ0) is 24.5. The van der Waals surface area contributed by atoms with Gasteiger partial charge < -0.3 is 14.7 Å². The molecule has 35 heavy (non-hydrogen) atoms. The minimum Gasteiger partial charge on any atom is -0.478 e. The molecule has 1 fully saturated rings. The van der Waals surface area contributed by atoms with E-state index < -0.39 is 5.97 Å². The van der Waals surface area contributed by atoms with Gasteiger partial charge in [0.05, 0.1) is 0 Å². The highest BCUT2D eigenvalue weighted by Crippen LogP contribution is 2.42. The third kappa shape index (κ3) is 6.38. The zero-order valence-electron chi connectivity index (χ0n) is 19.8. The fourth-order valence-corrected chi connectivity index (χ4v) is 4.91. The number of carboxylic acids is 1. The molecular weight excluding hydrogens is 438 g/mol. The number of aliphatic carboxylic acids is 1. The van der Waals surface area contributed by atoms with Crippen LogP contribution >= 0.6 is 0 Å². The maximum atomic E-state index is 13.3. The Hall–Kier alpha value is -3.86. The molecule has 0 aliphatic heterocycles. The molecule has 180 valence electrons. The zero-order valence-corrected chi connectivity index (χ0v) is 19.8. The van der Waals surface area contributed by atoms with E-state index >= 15 is 0 Å². The van der Waals surface area contributed by atoms with Crippen LogP contribution in [0.3, 0.4) is 0 Å². The Balaban J connectivity index is 1.52. The summed E-state index contributed by atoms with van der Waals surface area (Å²) in [6.07, 6.45) is 5.78. The number of rotatable bonds is 8. The molecule has 1 saturated carbocycles. The molecule has 1 aliphatic carbocycles. The third-order valence-electron chi connectivity index (χ3n) is 6.82. The summed E-state index contributed by atoms with van der Waals surface area (Å²) < 4.78 is 5.73. The average Bonchev–Trinajstić information content (AvgIpc) is 2.91. The second kappa shape index (κ2) is 11.5. The van der Waals surface area contributed by atoms with E-state index in [1.165, 1.54) is 6.08 Å². The van der Waals surface area contributed by atoms with Crippen molar-refractivity contribution in [2.24, 2.45) is 0 Å². The van der Waals surface area contributed by atoms with Gasteiger partial charge in [0.2, 0.25) is 0 Å². The van der Waals surface area contributed by atoms with E-state index in [9.17, 15) is 14.7 Å². The average molecular weight is 470 g/mol. The summed E-state index contributed by atoms with van der Waals surface area (Å²) in [4.78, 5) is 26.4. The van der Waals surface area contributed by atoms with Gasteiger partial charge in [-0.25, -0.2) is 9.59 Å². The lowest BCUT2D eigenvalue weighted by Gasteiger charge is -2.42. The lowest BCUT2D eigenvalue weighted by atomic mass is 9.67. The van der Waals surface area contributed by atoms with Crippen LogP contribution in [0.5, 0.6) is 0 Å². The number of carboxylic acid groups (broad SMARTS) is 1. The predicted octanol–water partition coefficient (Wildman–Crippen LogP) is 6.35. The van der Waals surface area contributed by atoms with Gasteiger partial charge >= 0.3 is 12.1 Å². The molecule has 0 bridgehead atoms. The van der Waals surface area contributed by atoms with Crippen LogP contribution < -0.4 is 0 Å². The number of nitrogens with zero attached hydrogens (tertiary/aromatic N) is 1. The van der Waals surface area contributed by atoms with Crippen LogP contribution in [0, 0.1) is 0 Å². The van der Waals surface area contributed by atoms with E-state index in [1.807, 2.05) is 89.8 Å². The van der Waals surface area contributed by atoms with Gasteiger partial charge in [0.1, 0.15) is 6.61 Å². The van der Waals surface area contributed by atoms with Crippen molar-refractivity contribution in [3.8, 4) is 0 Å². The van der Waals surface area contributed by atoms with E-state index in [0.29, 0.717) is 6.54 Å². The van der Waals surface area contributed by atoms with Gasteiger partial charge in [0.15, 0.2) is 0 Å². The fourth-order valence-electron chi connectivity index (χ4n) is 4.91. The third-order valence-corrected chi connectivity index (χ3v) is 6.82. The summed E-state index contributed by atoms with van der Waals surface area (Å²) in [5.41, 5.74) is 2.75. The van der Waals surface area contributed by atoms with Crippen LogP contribution in [0.2, 0.25) is 0 Å². The van der Waals surface area contributed by atoms with Crippen LogP contribution in [0.4, 0.5) is 4.79 Å². The van der Waals surface area contributed by atoms with Crippen molar-refractivity contribution in [3.63, 3.8) is 0 Å². The Bertz CT molecular complexity index is 1120. The van der Waals surface area contributed by atoms with Crippen molar-refractivity contribution in [2.45, 2.75) is 50.3 Å². The summed E-state index contributed by atoms with van der Waals surface area (Å²) >= 11 is 0. The Kier molecular flexibility index (Phi) is 7.99. The summed E-state index contributed by atoms with van der Waals surface area (Å²) in [7, 11) is 0. The van der Waals surface area contributed by atoms with Crippen LogP contribution in [0.25, 0.3) is 0 Å². The maximum absolute atomic E-state index is 13.3. The summed E-state index contributed by atoms with van der Waals surface area (Å²) in [5.74, 6) is -0.947. The maximum Gasteiger partial charge on any atom is 0.410 e. The van der Waals surface area contributed by atoms with Crippen LogP contribution in [0.1, 0.15) is 42.4 Å². The first-order chi connectivity index (χ1) is 17.1. The van der Waals surface area contributed by atoms with Crippen LogP contribution in [-0.4, -0.2) is 28.1 Å². The van der Waals surface area contributed by atoms with Gasteiger partial charge in [-0.2, -0.15) is 0 Å². The molecule has 5 heteroatoms. The van der Waals surface area contributed by atoms with Gasteiger partial charge in [-0.1, -0.05) is 97.1 Å². The smallest absolute Gasteiger partial charge is 0.410 e.